The van der Waals surface area contributed by atoms with Gasteiger partial charge < -0.3 is 4.90 Å². The van der Waals surface area contributed by atoms with Gasteiger partial charge in [0.25, 0.3) is 5.91 Å². The van der Waals surface area contributed by atoms with E-state index in [2.05, 4.69) is 13.8 Å². The van der Waals surface area contributed by atoms with Crippen LogP contribution in [0.5, 0.6) is 0 Å². The fourth-order valence-corrected chi connectivity index (χ4v) is 6.58. The third kappa shape index (κ3) is 5.67. The number of hydrogen-bond donors (Lipinski definition) is 0. The minimum Gasteiger partial charge on any atom is -0.302 e. The van der Waals surface area contributed by atoms with E-state index in [9.17, 15) is 13.2 Å². The summed E-state index contributed by atoms with van der Waals surface area (Å²) in [6, 6.07) is 25.9. The van der Waals surface area contributed by atoms with Crippen LogP contribution in [0.3, 0.4) is 0 Å². The van der Waals surface area contributed by atoms with Crippen LogP contribution in [-0.2, 0) is 43.0 Å². The Bertz CT molecular complexity index is 1550. The Hall–Kier alpha value is -3.75. The van der Waals surface area contributed by atoms with E-state index in [4.69, 9.17) is 5.10 Å². The second-order valence-electron chi connectivity index (χ2n) is 10.4. The molecule has 0 aliphatic carbocycles. The first-order valence-corrected chi connectivity index (χ1v) is 14.7. The van der Waals surface area contributed by atoms with Gasteiger partial charge >= 0.3 is 0 Å². The lowest BCUT2D eigenvalue weighted by Crippen LogP contribution is -2.37. The highest BCUT2D eigenvalue weighted by Gasteiger charge is 2.33. The second kappa shape index (κ2) is 11.2. The Balaban J connectivity index is 1.44. The van der Waals surface area contributed by atoms with E-state index in [1.54, 1.807) is 29.2 Å². The summed E-state index contributed by atoms with van der Waals surface area (Å²) in [5.41, 5.74) is 5.04. The summed E-state index contributed by atoms with van der Waals surface area (Å²) in [6.07, 6.45) is 1.47. The molecule has 1 aliphatic rings. The summed E-state index contributed by atoms with van der Waals surface area (Å²) >= 11 is 0. The van der Waals surface area contributed by atoms with Gasteiger partial charge in [-0.05, 0) is 54.3 Å². The van der Waals surface area contributed by atoms with Gasteiger partial charge in [0.2, 0.25) is 10.0 Å². The van der Waals surface area contributed by atoms with Gasteiger partial charge in [-0.25, -0.2) is 8.42 Å². The van der Waals surface area contributed by atoms with Crippen molar-refractivity contribution < 1.29 is 13.2 Å². The second-order valence-corrected chi connectivity index (χ2v) is 12.4. The maximum Gasteiger partial charge on any atom is 0.258 e. The molecule has 5 rings (SSSR count). The minimum atomic E-state index is -3.68. The van der Waals surface area contributed by atoms with Crippen molar-refractivity contribution in [3.8, 4) is 0 Å². The molecule has 39 heavy (non-hydrogen) atoms. The minimum absolute atomic E-state index is 0.136. The van der Waals surface area contributed by atoms with Crippen molar-refractivity contribution in [2.24, 2.45) is 13.0 Å². The number of para-hydroxylation sites is 1. The molecule has 2 heterocycles. The Morgan fingerprint density at radius 3 is 2.23 bits per heavy atom. The molecule has 3 aromatic carbocycles. The molecule has 4 aromatic rings. The van der Waals surface area contributed by atoms with E-state index in [-0.39, 0.29) is 19.0 Å². The number of rotatable bonds is 8. The molecule has 1 amide bonds. The predicted molar refractivity (Wildman–Crippen MR) is 153 cm³/mol. The van der Waals surface area contributed by atoms with Crippen LogP contribution in [0.1, 0.15) is 46.7 Å². The smallest absolute Gasteiger partial charge is 0.258 e. The van der Waals surface area contributed by atoms with Crippen molar-refractivity contribution in [1.82, 2.24) is 14.1 Å². The largest absolute Gasteiger partial charge is 0.302 e. The van der Waals surface area contributed by atoms with Gasteiger partial charge in [0, 0.05) is 49.1 Å². The quantitative estimate of drug-likeness (QED) is 0.306. The van der Waals surface area contributed by atoms with Gasteiger partial charge in [0.1, 0.15) is 0 Å². The van der Waals surface area contributed by atoms with Crippen LogP contribution in [0, 0.1) is 5.92 Å². The number of hydrogen-bond acceptors (Lipinski definition) is 4. The van der Waals surface area contributed by atoms with E-state index in [1.165, 1.54) is 4.31 Å². The van der Waals surface area contributed by atoms with Crippen LogP contribution >= 0.6 is 0 Å². The summed E-state index contributed by atoms with van der Waals surface area (Å²) < 4.78 is 30.6. The first-order chi connectivity index (χ1) is 18.7. The molecule has 7 nitrogen and oxygen atoms in total. The molecule has 0 atom stereocenters. The predicted octanol–water partition coefficient (Wildman–Crippen LogP) is 5.21. The van der Waals surface area contributed by atoms with Crippen molar-refractivity contribution in [3.63, 3.8) is 0 Å². The number of aryl methyl sites for hydroxylation is 1. The van der Waals surface area contributed by atoms with Crippen LogP contribution in [0.25, 0.3) is 0 Å². The van der Waals surface area contributed by atoms with Gasteiger partial charge in [-0.3, -0.25) is 9.48 Å². The highest BCUT2D eigenvalue weighted by atomic mass is 32.2. The summed E-state index contributed by atoms with van der Waals surface area (Å²) in [4.78, 5) is 15.6. The zero-order valence-electron chi connectivity index (χ0n) is 22.6. The molecule has 0 spiro atoms. The maximum atomic E-state index is 13.6. The van der Waals surface area contributed by atoms with Gasteiger partial charge in [-0.1, -0.05) is 62.4 Å². The van der Waals surface area contributed by atoms with Crippen molar-refractivity contribution in [1.29, 1.82) is 0 Å². The molecule has 0 fully saturated rings. The first kappa shape index (κ1) is 26.8. The Labute approximate surface area is 230 Å². The highest BCUT2D eigenvalue weighted by Crippen LogP contribution is 2.29. The average molecular weight is 543 g/mol. The molecule has 0 N–H and O–H groups in total. The van der Waals surface area contributed by atoms with Crippen LogP contribution in [0.15, 0.2) is 89.8 Å². The molecule has 0 unspecified atom stereocenters. The SMILES string of the molecule is CC(C)Cc1ccc(S(=O)(=O)N2CCc3c(c(CN(C(=O)c4ccccc4)c4ccccc4)nn3C)C2)cc1. The summed E-state index contributed by atoms with van der Waals surface area (Å²) in [6.45, 7) is 5.13. The van der Waals surface area contributed by atoms with Crippen molar-refractivity contribution >= 4 is 21.6 Å². The molecule has 1 aromatic heterocycles. The molecular formula is C31H34N4O3S. The number of carbonyl (C=O) groups excluding carboxylic acids is 1. The molecule has 0 bridgehead atoms. The lowest BCUT2D eigenvalue weighted by atomic mass is 10.0. The standard InChI is InChI=1S/C31H34N4O3S/c1-23(2)20-24-14-16-27(17-15-24)39(37,38)34-19-18-30-28(21-34)29(32-33(30)3)22-35(26-12-8-5-9-13-26)31(36)25-10-6-4-7-11-25/h4-17,23H,18-22H2,1-3H3. The number of anilines is 1. The normalized spacial score (nSPS) is 13.8. The number of nitrogens with zero attached hydrogens (tertiary/aromatic N) is 4. The number of sulfonamides is 1. The molecule has 0 radical (unpaired) electrons. The maximum absolute atomic E-state index is 13.6. The van der Waals surface area contributed by atoms with E-state index < -0.39 is 10.0 Å². The number of carbonyl (C=O) groups is 1. The number of fused-ring (bicyclic) bond motifs is 1. The zero-order chi connectivity index (χ0) is 27.6. The fourth-order valence-electron chi connectivity index (χ4n) is 5.17. The van der Waals surface area contributed by atoms with Crippen LogP contribution in [-0.4, -0.2) is 35.0 Å². The molecule has 1 aliphatic heterocycles. The number of amides is 1. The number of aromatic nitrogens is 2. The monoisotopic (exact) mass is 542 g/mol. The van der Waals surface area contributed by atoms with Crippen molar-refractivity contribution in [2.75, 3.05) is 11.4 Å². The highest BCUT2D eigenvalue weighted by molar-refractivity contribution is 7.89. The zero-order valence-corrected chi connectivity index (χ0v) is 23.4. The number of benzene rings is 3. The summed E-state index contributed by atoms with van der Waals surface area (Å²) in [5, 5.41) is 4.76. The molecule has 8 heteroatoms. The molecule has 0 saturated carbocycles. The van der Waals surface area contributed by atoms with E-state index in [0.717, 1.165) is 28.9 Å². The van der Waals surface area contributed by atoms with Crippen molar-refractivity contribution in [3.05, 3.63) is 113 Å². The third-order valence-corrected chi connectivity index (χ3v) is 9.00. The summed E-state index contributed by atoms with van der Waals surface area (Å²) in [5.74, 6) is 0.365. The molecule has 202 valence electrons. The molecule has 0 saturated heterocycles. The Kier molecular flexibility index (Phi) is 7.68. The molecular weight excluding hydrogens is 508 g/mol. The van der Waals surface area contributed by atoms with E-state index in [0.29, 0.717) is 35.0 Å². The van der Waals surface area contributed by atoms with E-state index in [1.807, 2.05) is 72.4 Å². The lowest BCUT2D eigenvalue weighted by Gasteiger charge is -2.28. The summed E-state index contributed by atoms with van der Waals surface area (Å²) in [7, 11) is -1.80. The van der Waals surface area contributed by atoms with Gasteiger partial charge in [0.05, 0.1) is 17.1 Å². The van der Waals surface area contributed by atoms with Crippen LogP contribution < -0.4 is 4.90 Å². The van der Waals surface area contributed by atoms with Crippen molar-refractivity contribution in [2.45, 2.75) is 44.7 Å². The van der Waals surface area contributed by atoms with Crippen LogP contribution in [0.2, 0.25) is 0 Å². The third-order valence-electron chi connectivity index (χ3n) is 7.14. The lowest BCUT2D eigenvalue weighted by molar-refractivity contribution is 0.0984. The Morgan fingerprint density at radius 2 is 1.59 bits per heavy atom. The van der Waals surface area contributed by atoms with Gasteiger partial charge in [-0.2, -0.15) is 9.40 Å². The fraction of sp³-hybridized carbons (Fsp3) is 0.290. The topological polar surface area (TPSA) is 75.5 Å². The van der Waals surface area contributed by atoms with Gasteiger partial charge in [-0.15, -0.1) is 0 Å². The average Bonchev–Trinajstić information content (AvgIpc) is 3.26. The van der Waals surface area contributed by atoms with E-state index >= 15 is 0 Å². The first-order valence-electron chi connectivity index (χ1n) is 13.3. The van der Waals surface area contributed by atoms with Gasteiger partial charge in [0.15, 0.2) is 0 Å². The Morgan fingerprint density at radius 1 is 0.949 bits per heavy atom. The van der Waals surface area contributed by atoms with Crippen LogP contribution in [0.4, 0.5) is 5.69 Å².